The summed E-state index contributed by atoms with van der Waals surface area (Å²) < 4.78 is 79.5. The van der Waals surface area contributed by atoms with E-state index in [1.807, 2.05) is 39.6 Å². The van der Waals surface area contributed by atoms with E-state index in [1.54, 1.807) is 4.90 Å². The van der Waals surface area contributed by atoms with Gasteiger partial charge in [0.15, 0.2) is 5.82 Å². The lowest BCUT2D eigenvalue weighted by Gasteiger charge is -2.44. The number of amides is 1. The van der Waals surface area contributed by atoms with Crippen LogP contribution in [0.5, 0.6) is 0 Å². The van der Waals surface area contributed by atoms with Crippen molar-refractivity contribution in [3.05, 3.63) is 63.8 Å². The van der Waals surface area contributed by atoms with E-state index in [4.69, 9.17) is 4.74 Å². The molecule has 3 atom stereocenters. The molecule has 248 valence electrons. The van der Waals surface area contributed by atoms with Crippen LogP contribution >= 0.6 is 0 Å². The van der Waals surface area contributed by atoms with Crippen molar-refractivity contribution < 1.29 is 31.5 Å². The number of carbonyl (C=O) groups excluding carboxylic acids is 1. The number of alkyl halides is 3. The molecule has 2 aromatic heterocycles. The largest absolute Gasteiger partial charge is 0.417 e. The van der Waals surface area contributed by atoms with Crippen LogP contribution in [0, 0.1) is 17.6 Å². The van der Waals surface area contributed by atoms with E-state index >= 15 is 8.78 Å². The molecule has 3 unspecified atom stereocenters. The zero-order valence-electron chi connectivity index (χ0n) is 26.1. The number of carbonyl (C=O) groups is 1. The number of H-pyrrole nitrogens is 1. The Hall–Kier alpha value is -4.11. The van der Waals surface area contributed by atoms with Crippen molar-refractivity contribution in [2.45, 2.75) is 52.1 Å². The number of ether oxygens (including phenoxy) is 1. The number of morpholine rings is 1. The first kappa shape index (κ1) is 33.3. The summed E-state index contributed by atoms with van der Waals surface area (Å²) in [6.45, 7) is 10.1. The molecule has 2 aliphatic heterocycles. The summed E-state index contributed by atoms with van der Waals surface area (Å²) in [5.74, 6) is -2.90. The topological polar surface area (TPSA) is 107 Å². The Morgan fingerprint density at radius 2 is 1.72 bits per heavy atom. The van der Waals surface area contributed by atoms with Crippen LogP contribution in [0.25, 0.3) is 11.1 Å². The number of aromatic amines is 1. The minimum atomic E-state index is -5.05. The van der Waals surface area contributed by atoms with Gasteiger partial charge in [0.1, 0.15) is 11.5 Å². The fraction of sp³-hybridized carbons (Fsp3) is 0.484. The summed E-state index contributed by atoms with van der Waals surface area (Å²) in [7, 11) is 1.91. The lowest BCUT2D eigenvalue weighted by molar-refractivity contribution is -0.138. The molecule has 2 saturated heterocycles. The van der Waals surface area contributed by atoms with Crippen molar-refractivity contribution in [2.24, 2.45) is 5.92 Å². The van der Waals surface area contributed by atoms with Gasteiger partial charge < -0.3 is 24.8 Å². The molecule has 0 radical (unpaired) electrons. The van der Waals surface area contributed by atoms with E-state index in [2.05, 4.69) is 25.2 Å². The number of benzene rings is 1. The fourth-order valence-electron chi connectivity index (χ4n) is 5.79. The van der Waals surface area contributed by atoms with Crippen LogP contribution in [0.2, 0.25) is 0 Å². The Morgan fingerprint density at radius 1 is 1.07 bits per heavy atom. The van der Waals surface area contributed by atoms with Crippen LogP contribution in [0.1, 0.15) is 43.6 Å². The Labute approximate surface area is 262 Å². The second kappa shape index (κ2) is 12.9. The second-order valence-corrected chi connectivity index (χ2v) is 12.2. The fourth-order valence-corrected chi connectivity index (χ4v) is 5.79. The third kappa shape index (κ3) is 6.70. The summed E-state index contributed by atoms with van der Waals surface area (Å²) >= 11 is 0. The smallest absolute Gasteiger partial charge is 0.374 e. The SMILES string of the molecule is CC(C)C1CN(c2ncc(-c3c(F)cc(N4CC(C)N(C)C(C)C4)c(NC(=O)c4c[nH]c(=O)cc4C(F)(F)F)c3F)cn2)CCO1. The minimum Gasteiger partial charge on any atom is -0.374 e. The minimum absolute atomic E-state index is 0.0328. The molecule has 0 spiro atoms. The highest BCUT2D eigenvalue weighted by atomic mass is 19.4. The predicted octanol–water partition coefficient (Wildman–Crippen LogP) is 4.77. The molecule has 0 aliphatic carbocycles. The third-order valence-corrected chi connectivity index (χ3v) is 8.66. The lowest BCUT2D eigenvalue weighted by Crippen LogP contribution is -2.55. The lowest BCUT2D eigenvalue weighted by atomic mass is 10.0. The van der Waals surface area contributed by atoms with Gasteiger partial charge in [0.2, 0.25) is 11.5 Å². The molecule has 3 aromatic rings. The summed E-state index contributed by atoms with van der Waals surface area (Å²) in [6.07, 6.45) is -1.94. The number of hydrogen-bond donors (Lipinski definition) is 2. The van der Waals surface area contributed by atoms with Crippen LogP contribution in [0.3, 0.4) is 0 Å². The second-order valence-electron chi connectivity index (χ2n) is 12.2. The molecule has 0 bridgehead atoms. The maximum Gasteiger partial charge on any atom is 0.417 e. The van der Waals surface area contributed by atoms with Gasteiger partial charge in [0.05, 0.1) is 35.1 Å². The van der Waals surface area contributed by atoms with Crippen molar-refractivity contribution in [1.29, 1.82) is 0 Å². The summed E-state index contributed by atoms with van der Waals surface area (Å²) in [5, 5.41) is 2.26. The number of likely N-dealkylation sites (N-methyl/N-ethyl adjacent to an activating group) is 1. The van der Waals surface area contributed by atoms with Gasteiger partial charge in [-0.3, -0.25) is 14.5 Å². The maximum absolute atomic E-state index is 16.5. The Bertz CT molecular complexity index is 1640. The molecule has 2 fully saturated rings. The number of rotatable bonds is 6. The third-order valence-electron chi connectivity index (χ3n) is 8.66. The van der Waals surface area contributed by atoms with Crippen LogP contribution in [-0.2, 0) is 10.9 Å². The zero-order chi connectivity index (χ0) is 33.5. The molecule has 2 aliphatic rings. The van der Waals surface area contributed by atoms with Crippen LogP contribution in [0.15, 0.2) is 35.5 Å². The molecule has 5 rings (SSSR count). The van der Waals surface area contributed by atoms with Gasteiger partial charge in [0, 0.05) is 74.5 Å². The van der Waals surface area contributed by atoms with E-state index in [0.717, 1.165) is 6.07 Å². The number of nitrogens with zero attached hydrogens (tertiary/aromatic N) is 5. The Balaban J connectivity index is 1.56. The van der Waals surface area contributed by atoms with E-state index in [-0.39, 0.29) is 41.4 Å². The number of pyridine rings is 1. The first-order valence-electron chi connectivity index (χ1n) is 14.9. The molecule has 4 heterocycles. The van der Waals surface area contributed by atoms with Crippen molar-refractivity contribution in [3.63, 3.8) is 0 Å². The van der Waals surface area contributed by atoms with Gasteiger partial charge in [-0.2, -0.15) is 13.2 Å². The van der Waals surface area contributed by atoms with Gasteiger partial charge in [-0.25, -0.2) is 18.7 Å². The van der Waals surface area contributed by atoms with Gasteiger partial charge in [-0.1, -0.05) is 13.8 Å². The first-order chi connectivity index (χ1) is 21.6. The number of nitrogens with one attached hydrogen (secondary N) is 2. The predicted molar refractivity (Wildman–Crippen MR) is 163 cm³/mol. The molecule has 1 amide bonds. The number of hydrogen-bond acceptors (Lipinski definition) is 8. The molecular formula is C31H36F5N7O3. The van der Waals surface area contributed by atoms with E-state index in [1.165, 1.54) is 12.4 Å². The normalized spacial score (nSPS) is 21.2. The molecule has 1 aromatic carbocycles. The van der Waals surface area contributed by atoms with Crippen LogP contribution in [0.4, 0.5) is 39.3 Å². The summed E-state index contributed by atoms with van der Waals surface area (Å²) in [5.41, 5.74) is -4.63. The molecule has 15 heteroatoms. The Morgan fingerprint density at radius 3 is 2.33 bits per heavy atom. The van der Waals surface area contributed by atoms with Gasteiger partial charge in [-0.15, -0.1) is 0 Å². The van der Waals surface area contributed by atoms with E-state index in [9.17, 15) is 22.8 Å². The van der Waals surface area contributed by atoms with E-state index in [0.29, 0.717) is 44.9 Å². The molecule has 46 heavy (non-hydrogen) atoms. The number of anilines is 3. The van der Waals surface area contributed by atoms with Crippen molar-refractivity contribution in [1.82, 2.24) is 19.9 Å². The summed E-state index contributed by atoms with van der Waals surface area (Å²) in [4.78, 5) is 41.4. The van der Waals surface area contributed by atoms with Crippen LogP contribution in [-0.4, -0.2) is 83.8 Å². The van der Waals surface area contributed by atoms with Crippen molar-refractivity contribution in [2.75, 3.05) is 55.0 Å². The van der Waals surface area contributed by atoms with E-state index < -0.39 is 51.7 Å². The molecule has 0 saturated carbocycles. The highest BCUT2D eigenvalue weighted by Gasteiger charge is 2.37. The van der Waals surface area contributed by atoms with Gasteiger partial charge in [-0.05, 0) is 26.8 Å². The highest BCUT2D eigenvalue weighted by molar-refractivity contribution is 6.07. The maximum atomic E-state index is 16.5. The molecule has 10 nitrogen and oxygen atoms in total. The summed E-state index contributed by atoms with van der Waals surface area (Å²) in [6, 6.07) is 1.21. The van der Waals surface area contributed by atoms with Crippen LogP contribution < -0.4 is 20.7 Å². The van der Waals surface area contributed by atoms with Gasteiger partial charge in [0.25, 0.3) is 5.91 Å². The van der Waals surface area contributed by atoms with Crippen molar-refractivity contribution in [3.8, 4) is 11.1 Å². The van der Waals surface area contributed by atoms with Crippen molar-refractivity contribution >= 4 is 23.2 Å². The molecular weight excluding hydrogens is 613 g/mol. The standard InChI is InChI=1S/C31H36F5N7O3/c1-16(2)24-15-42(6-7-46-24)30-38-10-19(11-39-30)26-22(32)9-23(43-13-17(3)41(5)18(4)14-43)28(27(26)33)40-29(45)20-12-37-25(44)8-21(20)31(34,35)36/h8-12,16-18,24H,6-7,13-15H2,1-5H3,(H,37,44)(H,40,45). The average Bonchev–Trinajstić information content (AvgIpc) is 3.00. The van der Waals surface area contributed by atoms with Gasteiger partial charge >= 0.3 is 6.18 Å². The first-order valence-corrected chi connectivity index (χ1v) is 14.9. The number of halogens is 5. The Kier molecular flexibility index (Phi) is 9.36. The highest BCUT2D eigenvalue weighted by Crippen LogP contribution is 2.40. The number of aromatic nitrogens is 3. The monoisotopic (exact) mass is 649 g/mol. The molecule has 2 N–H and O–H groups in total. The number of piperazine rings is 1. The quantitative estimate of drug-likeness (QED) is 0.368. The zero-order valence-corrected chi connectivity index (χ0v) is 26.1. The average molecular weight is 650 g/mol.